The third-order valence-corrected chi connectivity index (χ3v) is 4.39. The fourth-order valence-electron chi connectivity index (χ4n) is 3.16. The highest BCUT2D eigenvalue weighted by Gasteiger charge is 2.26. The first-order valence-corrected chi connectivity index (χ1v) is 8.06. The molecule has 1 aliphatic rings. The van der Waals surface area contributed by atoms with Gasteiger partial charge in [-0.3, -0.25) is 4.90 Å². The first kappa shape index (κ1) is 16.5. The van der Waals surface area contributed by atoms with Crippen molar-refractivity contribution < 1.29 is 19.0 Å². The Morgan fingerprint density at radius 1 is 1.21 bits per heavy atom. The van der Waals surface area contributed by atoms with Gasteiger partial charge in [0.2, 0.25) is 0 Å². The van der Waals surface area contributed by atoms with E-state index in [2.05, 4.69) is 4.90 Å². The van der Waals surface area contributed by atoms with Gasteiger partial charge in [-0.2, -0.15) is 0 Å². The molecule has 3 rings (SSSR count). The lowest BCUT2D eigenvalue weighted by Gasteiger charge is -2.17. The van der Waals surface area contributed by atoms with Crippen LogP contribution in [0.2, 0.25) is 0 Å². The lowest BCUT2D eigenvalue weighted by Crippen LogP contribution is -2.26. The molecule has 0 radical (unpaired) electrons. The van der Waals surface area contributed by atoms with Gasteiger partial charge in [0.1, 0.15) is 18.2 Å². The lowest BCUT2D eigenvalue weighted by molar-refractivity contribution is 0.0695. The number of aromatic carboxylic acids is 1. The molecule has 0 amide bonds. The molecule has 0 spiro atoms. The monoisotopic (exact) mass is 329 g/mol. The smallest absolute Gasteiger partial charge is 0.335 e. The molecule has 126 valence electrons. The molecule has 1 aliphatic heterocycles. The van der Waals surface area contributed by atoms with Crippen molar-refractivity contribution in [3.8, 4) is 5.75 Å². The zero-order valence-electron chi connectivity index (χ0n) is 13.3. The fourth-order valence-corrected chi connectivity index (χ4v) is 3.16. The van der Waals surface area contributed by atoms with Crippen LogP contribution in [-0.4, -0.2) is 42.2 Å². The van der Waals surface area contributed by atoms with Crippen LogP contribution in [0.1, 0.15) is 28.3 Å². The Bertz CT molecular complexity index is 702. The van der Waals surface area contributed by atoms with Crippen LogP contribution < -0.4 is 4.74 Å². The molecule has 0 aromatic heterocycles. The van der Waals surface area contributed by atoms with E-state index in [1.54, 1.807) is 24.3 Å². The van der Waals surface area contributed by atoms with E-state index in [4.69, 9.17) is 4.74 Å². The number of hydrogen-bond acceptors (Lipinski definition) is 3. The van der Waals surface area contributed by atoms with Crippen molar-refractivity contribution in [1.29, 1.82) is 0 Å². The largest absolute Gasteiger partial charge is 0.492 e. The highest BCUT2D eigenvalue weighted by atomic mass is 19.1. The van der Waals surface area contributed by atoms with E-state index in [9.17, 15) is 14.3 Å². The molecule has 0 bridgehead atoms. The number of hydrogen-bond donors (Lipinski definition) is 1. The molecule has 1 unspecified atom stereocenters. The lowest BCUT2D eigenvalue weighted by atomic mass is 9.93. The maximum absolute atomic E-state index is 12.8. The zero-order chi connectivity index (χ0) is 16.9. The van der Waals surface area contributed by atoms with Crippen LogP contribution in [0.15, 0.2) is 48.5 Å². The maximum atomic E-state index is 12.8. The van der Waals surface area contributed by atoms with Crippen LogP contribution in [0.5, 0.6) is 5.75 Å². The van der Waals surface area contributed by atoms with Crippen LogP contribution >= 0.6 is 0 Å². The van der Waals surface area contributed by atoms with Gasteiger partial charge in [-0.25, -0.2) is 9.18 Å². The first-order valence-electron chi connectivity index (χ1n) is 8.06. The van der Waals surface area contributed by atoms with Crippen molar-refractivity contribution in [2.24, 2.45) is 0 Å². The summed E-state index contributed by atoms with van der Waals surface area (Å²) >= 11 is 0. The number of carboxylic acids is 1. The molecule has 24 heavy (non-hydrogen) atoms. The van der Waals surface area contributed by atoms with Crippen LogP contribution in [-0.2, 0) is 0 Å². The third kappa shape index (κ3) is 3.92. The van der Waals surface area contributed by atoms with E-state index in [0.29, 0.717) is 17.9 Å². The Hall–Kier alpha value is -2.40. The molecular weight excluding hydrogens is 309 g/mol. The Morgan fingerprint density at radius 3 is 2.71 bits per heavy atom. The van der Waals surface area contributed by atoms with Crippen molar-refractivity contribution in [3.05, 3.63) is 65.5 Å². The minimum atomic E-state index is -0.872. The highest BCUT2D eigenvalue weighted by molar-refractivity contribution is 5.89. The summed E-state index contributed by atoms with van der Waals surface area (Å²) in [6.45, 7) is 3.05. The van der Waals surface area contributed by atoms with E-state index >= 15 is 0 Å². The Labute approximate surface area is 140 Å². The van der Waals surface area contributed by atoms with E-state index < -0.39 is 5.97 Å². The Kier molecular flexibility index (Phi) is 5.11. The number of ether oxygens (including phenoxy) is 1. The average Bonchev–Trinajstić information content (AvgIpc) is 3.05. The number of benzene rings is 2. The summed E-state index contributed by atoms with van der Waals surface area (Å²) in [5.74, 6) is -0.253. The topological polar surface area (TPSA) is 49.8 Å². The molecule has 1 N–H and O–H groups in total. The van der Waals surface area contributed by atoms with Crippen LogP contribution in [0, 0.1) is 5.82 Å². The minimum absolute atomic E-state index is 0.239. The number of nitrogens with zero attached hydrogens (tertiary/aromatic N) is 1. The highest BCUT2D eigenvalue weighted by Crippen LogP contribution is 2.29. The first-order chi connectivity index (χ1) is 11.6. The van der Waals surface area contributed by atoms with Crippen molar-refractivity contribution in [2.45, 2.75) is 12.3 Å². The standard InChI is InChI=1S/C19H20FNO3/c20-15-5-7-16(8-6-15)24-12-11-21-10-9-14(13-21)17-3-1-2-4-18(17)19(22)23/h1-8,14H,9-13H2,(H,22,23). The van der Waals surface area contributed by atoms with Gasteiger partial charge in [0.25, 0.3) is 0 Å². The van der Waals surface area contributed by atoms with Gasteiger partial charge in [-0.1, -0.05) is 18.2 Å². The van der Waals surface area contributed by atoms with Crippen molar-refractivity contribution in [3.63, 3.8) is 0 Å². The van der Waals surface area contributed by atoms with Gasteiger partial charge in [-0.05, 0) is 54.8 Å². The molecule has 2 aromatic rings. The van der Waals surface area contributed by atoms with Gasteiger partial charge < -0.3 is 9.84 Å². The summed E-state index contributed by atoms with van der Waals surface area (Å²) in [4.78, 5) is 13.6. The molecular formula is C19H20FNO3. The summed E-state index contributed by atoms with van der Waals surface area (Å²) in [6, 6.07) is 13.2. The molecule has 4 nitrogen and oxygen atoms in total. The molecule has 1 saturated heterocycles. The third-order valence-electron chi connectivity index (χ3n) is 4.39. The zero-order valence-corrected chi connectivity index (χ0v) is 13.3. The second-order valence-electron chi connectivity index (χ2n) is 5.98. The van der Waals surface area contributed by atoms with Gasteiger partial charge in [0, 0.05) is 13.1 Å². The van der Waals surface area contributed by atoms with Crippen LogP contribution in [0.4, 0.5) is 4.39 Å². The summed E-state index contributed by atoms with van der Waals surface area (Å²) in [6.07, 6.45) is 0.945. The van der Waals surface area contributed by atoms with E-state index in [-0.39, 0.29) is 11.7 Å². The quantitative estimate of drug-likeness (QED) is 0.882. The summed E-state index contributed by atoms with van der Waals surface area (Å²) < 4.78 is 18.5. The normalized spacial score (nSPS) is 17.8. The number of carbonyl (C=O) groups is 1. The molecule has 1 heterocycles. The number of rotatable bonds is 6. The molecule has 0 saturated carbocycles. The number of likely N-dealkylation sites (tertiary alicyclic amines) is 1. The van der Waals surface area contributed by atoms with Crippen molar-refractivity contribution in [2.75, 3.05) is 26.2 Å². The molecule has 2 aromatic carbocycles. The Morgan fingerprint density at radius 2 is 1.96 bits per heavy atom. The van der Waals surface area contributed by atoms with Gasteiger partial charge >= 0.3 is 5.97 Å². The molecule has 1 atom stereocenters. The van der Waals surface area contributed by atoms with E-state index in [1.807, 2.05) is 12.1 Å². The molecule has 1 fully saturated rings. The van der Waals surface area contributed by atoms with Gasteiger partial charge in [0.15, 0.2) is 0 Å². The minimum Gasteiger partial charge on any atom is -0.492 e. The predicted octanol–water partition coefficient (Wildman–Crippen LogP) is 3.39. The molecule has 0 aliphatic carbocycles. The van der Waals surface area contributed by atoms with Gasteiger partial charge in [-0.15, -0.1) is 0 Å². The van der Waals surface area contributed by atoms with Crippen LogP contribution in [0.25, 0.3) is 0 Å². The fraction of sp³-hybridized carbons (Fsp3) is 0.316. The number of carboxylic acid groups (broad SMARTS) is 1. The van der Waals surface area contributed by atoms with Crippen LogP contribution in [0.3, 0.4) is 0 Å². The number of halogens is 1. The predicted molar refractivity (Wildman–Crippen MR) is 89.1 cm³/mol. The maximum Gasteiger partial charge on any atom is 0.335 e. The second kappa shape index (κ2) is 7.45. The summed E-state index contributed by atoms with van der Waals surface area (Å²) in [5, 5.41) is 9.32. The SMILES string of the molecule is O=C(O)c1ccccc1C1CCN(CCOc2ccc(F)cc2)C1. The second-order valence-corrected chi connectivity index (χ2v) is 5.98. The van der Waals surface area contributed by atoms with E-state index in [0.717, 1.165) is 31.6 Å². The summed E-state index contributed by atoms with van der Waals surface area (Å²) in [7, 11) is 0. The van der Waals surface area contributed by atoms with Crippen molar-refractivity contribution in [1.82, 2.24) is 4.90 Å². The molecule has 5 heteroatoms. The van der Waals surface area contributed by atoms with E-state index in [1.165, 1.54) is 12.1 Å². The van der Waals surface area contributed by atoms with Gasteiger partial charge in [0.05, 0.1) is 5.56 Å². The average molecular weight is 329 g/mol. The Balaban J connectivity index is 1.52. The van der Waals surface area contributed by atoms with Crippen molar-refractivity contribution >= 4 is 5.97 Å². The summed E-state index contributed by atoms with van der Waals surface area (Å²) in [5.41, 5.74) is 1.30.